The quantitative estimate of drug-likeness (QED) is 0.763. The van der Waals surface area contributed by atoms with Crippen molar-refractivity contribution in [1.29, 1.82) is 0 Å². The lowest BCUT2D eigenvalue weighted by atomic mass is 10.3. The van der Waals surface area contributed by atoms with Crippen LogP contribution in [-0.2, 0) is 9.53 Å². The molecular formula is C9H11NO3S. The Bertz CT molecular complexity index is 321. The van der Waals surface area contributed by atoms with Gasteiger partial charge in [-0.1, -0.05) is 6.07 Å². The summed E-state index contributed by atoms with van der Waals surface area (Å²) in [6.45, 7) is 1.58. The van der Waals surface area contributed by atoms with Gasteiger partial charge in [-0.05, 0) is 18.4 Å². The molecule has 0 spiro atoms. The maximum atomic E-state index is 11.4. The standard InChI is InChI=1S/C9H11NO3S/c1-6(9(12)13-2)10-8(11)7-4-3-5-14-7/h3-6H,1-2H3,(H,10,11)/t6-/m0/s1. The third-order valence-electron chi connectivity index (χ3n) is 1.65. The molecule has 1 amide bonds. The first-order valence-corrected chi connectivity index (χ1v) is 4.95. The van der Waals surface area contributed by atoms with E-state index in [1.807, 2.05) is 0 Å². The Morgan fingerprint density at radius 3 is 2.79 bits per heavy atom. The lowest BCUT2D eigenvalue weighted by molar-refractivity contribution is -0.142. The minimum absolute atomic E-state index is 0.252. The Labute approximate surface area is 85.9 Å². The molecule has 0 saturated carbocycles. The Hall–Kier alpha value is -1.36. The van der Waals surface area contributed by atoms with Crippen LogP contribution in [0.1, 0.15) is 16.6 Å². The number of thiophene rings is 1. The van der Waals surface area contributed by atoms with Gasteiger partial charge >= 0.3 is 5.97 Å². The van der Waals surface area contributed by atoms with Crippen molar-refractivity contribution < 1.29 is 14.3 Å². The fraction of sp³-hybridized carbons (Fsp3) is 0.333. The van der Waals surface area contributed by atoms with Crippen LogP contribution in [-0.4, -0.2) is 25.0 Å². The molecule has 1 N–H and O–H groups in total. The first kappa shape index (κ1) is 10.7. The number of hydrogen-bond donors (Lipinski definition) is 1. The first-order valence-electron chi connectivity index (χ1n) is 4.07. The van der Waals surface area contributed by atoms with Gasteiger partial charge in [0.15, 0.2) is 0 Å². The average molecular weight is 213 g/mol. The fourth-order valence-corrected chi connectivity index (χ4v) is 1.54. The van der Waals surface area contributed by atoms with E-state index in [4.69, 9.17) is 0 Å². The summed E-state index contributed by atoms with van der Waals surface area (Å²) in [5.41, 5.74) is 0. The topological polar surface area (TPSA) is 55.4 Å². The van der Waals surface area contributed by atoms with Crippen LogP contribution in [0.2, 0.25) is 0 Å². The average Bonchev–Trinajstić information content (AvgIpc) is 2.69. The summed E-state index contributed by atoms with van der Waals surface area (Å²) in [5, 5.41) is 4.33. The minimum atomic E-state index is -0.616. The maximum Gasteiger partial charge on any atom is 0.328 e. The van der Waals surface area contributed by atoms with E-state index < -0.39 is 12.0 Å². The van der Waals surface area contributed by atoms with Gasteiger partial charge in [0, 0.05) is 0 Å². The number of ether oxygens (including phenoxy) is 1. The second-order valence-electron chi connectivity index (χ2n) is 2.70. The van der Waals surface area contributed by atoms with Crippen molar-refractivity contribution in [3.05, 3.63) is 22.4 Å². The van der Waals surface area contributed by atoms with Crippen molar-refractivity contribution in [2.45, 2.75) is 13.0 Å². The SMILES string of the molecule is COC(=O)[C@H](C)NC(=O)c1cccs1. The molecule has 0 aliphatic carbocycles. The summed E-state index contributed by atoms with van der Waals surface area (Å²) in [6, 6.07) is 2.86. The second-order valence-corrected chi connectivity index (χ2v) is 3.64. The smallest absolute Gasteiger partial charge is 0.328 e. The van der Waals surface area contributed by atoms with Gasteiger partial charge in [-0.2, -0.15) is 0 Å². The van der Waals surface area contributed by atoms with Gasteiger partial charge < -0.3 is 10.1 Å². The van der Waals surface area contributed by atoms with Crippen LogP contribution in [0.5, 0.6) is 0 Å². The molecule has 1 atom stereocenters. The molecule has 0 fully saturated rings. The van der Waals surface area contributed by atoms with Crippen LogP contribution < -0.4 is 5.32 Å². The number of methoxy groups -OCH3 is 1. The van der Waals surface area contributed by atoms with Crippen LogP contribution in [0.4, 0.5) is 0 Å². The summed E-state index contributed by atoms with van der Waals surface area (Å²) in [7, 11) is 1.29. The van der Waals surface area contributed by atoms with Crippen LogP contribution in [0.15, 0.2) is 17.5 Å². The summed E-state index contributed by atoms with van der Waals surface area (Å²) < 4.78 is 4.48. The number of hydrogen-bond acceptors (Lipinski definition) is 4. The highest BCUT2D eigenvalue weighted by atomic mass is 32.1. The van der Waals surface area contributed by atoms with Gasteiger partial charge in [0.1, 0.15) is 6.04 Å². The number of carbonyl (C=O) groups is 2. The van der Waals surface area contributed by atoms with Gasteiger partial charge in [0.05, 0.1) is 12.0 Å². The zero-order valence-corrected chi connectivity index (χ0v) is 8.76. The summed E-state index contributed by atoms with van der Waals surface area (Å²) >= 11 is 1.33. The van der Waals surface area contributed by atoms with Crippen LogP contribution in [0.25, 0.3) is 0 Å². The van der Waals surface area contributed by atoms with E-state index in [1.54, 1.807) is 24.4 Å². The van der Waals surface area contributed by atoms with Crippen LogP contribution in [0, 0.1) is 0 Å². The normalized spacial score (nSPS) is 11.9. The number of esters is 1. The summed E-state index contributed by atoms with van der Waals surface area (Å²) in [5.74, 6) is -0.701. The highest BCUT2D eigenvalue weighted by Gasteiger charge is 2.16. The van der Waals surface area contributed by atoms with Crippen molar-refractivity contribution in [3.63, 3.8) is 0 Å². The van der Waals surface area contributed by atoms with Gasteiger partial charge in [-0.3, -0.25) is 4.79 Å². The van der Waals surface area contributed by atoms with Crippen molar-refractivity contribution >= 4 is 23.2 Å². The lowest BCUT2D eigenvalue weighted by Gasteiger charge is -2.09. The third kappa shape index (κ3) is 2.56. The Morgan fingerprint density at radius 2 is 2.29 bits per heavy atom. The molecule has 1 heterocycles. The molecule has 1 aromatic rings. The Kier molecular flexibility index (Phi) is 3.64. The zero-order chi connectivity index (χ0) is 10.6. The highest BCUT2D eigenvalue weighted by molar-refractivity contribution is 7.12. The van der Waals surface area contributed by atoms with Gasteiger partial charge in [0.2, 0.25) is 0 Å². The summed E-state index contributed by atoms with van der Waals surface area (Å²) in [6.07, 6.45) is 0. The lowest BCUT2D eigenvalue weighted by Crippen LogP contribution is -2.38. The van der Waals surface area contributed by atoms with Crippen LogP contribution in [0.3, 0.4) is 0 Å². The molecular weight excluding hydrogens is 202 g/mol. The Balaban J connectivity index is 2.53. The molecule has 0 aliphatic heterocycles. The molecule has 4 nitrogen and oxygen atoms in total. The number of nitrogens with one attached hydrogen (secondary N) is 1. The Morgan fingerprint density at radius 1 is 1.57 bits per heavy atom. The molecule has 76 valence electrons. The van der Waals surface area contributed by atoms with Crippen molar-refractivity contribution in [2.24, 2.45) is 0 Å². The largest absolute Gasteiger partial charge is 0.467 e. The third-order valence-corrected chi connectivity index (χ3v) is 2.52. The first-order chi connectivity index (χ1) is 6.65. The van der Waals surface area contributed by atoms with Crippen LogP contribution >= 0.6 is 11.3 Å². The molecule has 0 bridgehead atoms. The van der Waals surface area contributed by atoms with Crippen molar-refractivity contribution in [1.82, 2.24) is 5.32 Å². The predicted octanol–water partition coefficient (Wildman–Crippen LogP) is 1.04. The second kappa shape index (κ2) is 4.76. The molecule has 0 unspecified atom stereocenters. The van der Waals surface area contributed by atoms with Gasteiger partial charge in [0.25, 0.3) is 5.91 Å². The molecule has 0 aliphatic rings. The zero-order valence-electron chi connectivity index (χ0n) is 7.94. The molecule has 0 aromatic carbocycles. The predicted molar refractivity (Wildman–Crippen MR) is 53.3 cm³/mol. The van der Waals surface area contributed by atoms with Crippen molar-refractivity contribution in [3.8, 4) is 0 Å². The molecule has 0 saturated heterocycles. The van der Waals surface area contributed by atoms with E-state index in [1.165, 1.54) is 18.4 Å². The molecule has 5 heteroatoms. The summed E-state index contributed by atoms with van der Waals surface area (Å²) in [4.78, 5) is 23.0. The van der Waals surface area contributed by atoms with E-state index in [0.717, 1.165) is 0 Å². The van der Waals surface area contributed by atoms with Gasteiger partial charge in [-0.15, -0.1) is 11.3 Å². The number of carbonyl (C=O) groups excluding carboxylic acids is 2. The van der Waals surface area contributed by atoms with Gasteiger partial charge in [-0.25, -0.2) is 4.79 Å². The van der Waals surface area contributed by atoms with E-state index in [9.17, 15) is 9.59 Å². The van der Waals surface area contributed by atoms with E-state index in [-0.39, 0.29) is 5.91 Å². The minimum Gasteiger partial charge on any atom is -0.467 e. The monoisotopic (exact) mass is 213 g/mol. The van der Waals surface area contributed by atoms with E-state index in [0.29, 0.717) is 4.88 Å². The maximum absolute atomic E-state index is 11.4. The van der Waals surface area contributed by atoms with Crippen molar-refractivity contribution in [2.75, 3.05) is 7.11 Å². The number of rotatable bonds is 3. The molecule has 14 heavy (non-hydrogen) atoms. The number of amides is 1. The fourth-order valence-electron chi connectivity index (χ4n) is 0.911. The van der Waals surface area contributed by atoms with E-state index >= 15 is 0 Å². The molecule has 1 rings (SSSR count). The molecule has 1 aromatic heterocycles. The van der Waals surface area contributed by atoms with E-state index in [2.05, 4.69) is 10.1 Å². The molecule has 0 radical (unpaired) electrons. The highest BCUT2D eigenvalue weighted by Crippen LogP contribution is 2.08.